The Hall–Kier alpha value is -1.59. The predicted molar refractivity (Wildman–Crippen MR) is 109 cm³/mol. The van der Waals surface area contributed by atoms with Gasteiger partial charge in [-0.2, -0.15) is 0 Å². The van der Waals surface area contributed by atoms with Gasteiger partial charge < -0.3 is 20.3 Å². The molecule has 5 nitrogen and oxygen atoms in total. The van der Waals surface area contributed by atoms with Gasteiger partial charge in [0.1, 0.15) is 0 Å². The molecule has 1 aliphatic rings. The van der Waals surface area contributed by atoms with E-state index in [2.05, 4.69) is 60.6 Å². The molecule has 0 aromatic heterocycles. The second-order valence-corrected chi connectivity index (χ2v) is 7.20. The van der Waals surface area contributed by atoms with Crippen molar-refractivity contribution in [2.45, 2.75) is 65.8 Å². The van der Waals surface area contributed by atoms with Crippen molar-refractivity contribution in [1.29, 1.82) is 0 Å². The van der Waals surface area contributed by atoms with Crippen LogP contribution >= 0.6 is 0 Å². The number of hydrogen-bond donors (Lipinski definition) is 2. The Morgan fingerprint density at radius 1 is 1.15 bits per heavy atom. The van der Waals surface area contributed by atoms with E-state index in [4.69, 9.17) is 9.73 Å². The number of guanidine groups is 1. The van der Waals surface area contributed by atoms with Gasteiger partial charge in [0.15, 0.2) is 5.96 Å². The highest BCUT2D eigenvalue weighted by Crippen LogP contribution is 2.13. The Morgan fingerprint density at radius 2 is 1.81 bits per heavy atom. The van der Waals surface area contributed by atoms with Gasteiger partial charge in [-0.3, -0.25) is 0 Å². The SMILES string of the molecule is CCNC(=NCc1ccc(COCC)cc1)NC1CCN(C(C)C)CC1. The summed E-state index contributed by atoms with van der Waals surface area (Å²) in [5.41, 5.74) is 2.43. The molecule has 1 fully saturated rings. The minimum Gasteiger partial charge on any atom is -0.377 e. The highest BCUT2D eigenvalue weighted by atomic mass is 16.5. The first-order valence-corrected chi connectivity index (χ1v) is 10.1. The predicted octanol–water partition coefficient (Wildman–Crippen LogP) is 3.15. The van der Waals surface area contributed by atoms with E-state index < -0.39 is 0 Å². The average molecular weight is 361 g/mol. The number of rotatable bonds is 8. The first kappa shape index (κ1) is 20.7. The molecular formula is C21H36N4O. The van der Waals surface area contributed by atoms with Crippen molar-refractivity contribution >= 4 is 5.96 Å². The van der Waals surface area contributed by atoms with Gasteiger partial charge in [-0.05, 0) is 51.7 Å². The molecule has 1 aromatic rings. The fraction of sp³-hybridized carbons (Fsp3) is 0.667. The van der Waals surface area contributed by atoms with Crippen LogP contribution in [-0.4, -0.2) is 49.2 Å². The molecule has 0 unspecified atom stereocenters. The lowest BCUT2D eigenvalue weighted by atomic mass is 10.0. The molecule has 0 aliphatic carbocycles. The summed E-state index contributed by atoms with van der Waals surface area (Å²) in [6.45, 7) is 14.0. The number of nitrogens with zero attached hydrogens (tertiary/aromatic N) is 2. The number of benzene rings is 1. The molecule has 1 saturated heterocycles. The Morgan fingerprint density at radius 3 is 2.38 bits per heavy atom. The minimum atomic E-state index is 0.511. The van der Waals surface area contributed by atoms with Crippen LogP contribution < -0.4 is 10.6 Å². The monoisotopic (exact) mass is 360 g/mol. The normalized spacial score (nSPS) is 16.9. The van der Waals surface area contributed by atoms with Gasteiger partial charge in [0.25, 0.3) is 0 Å². The zero-order chi connectivity index (χ0) is 18.8. The number of piperidine rings is 1. The van der Waals surface area contributed by atoms with Crippen molar-refractivity contribution in [3.63, 3.8) is 0 Å². The standard InChI is InChI=1S/C21H36N4O/c1-5-22-21(24-20-11-13-25(14-12-20)17(3)4)23-15-18-7-9-19(10-8-18)16-26-6-2/h7-10,17,20H,5-6,11-16H2,1-4H3,(H2,22,23,24). The van der Waals surface area contributed by atoms with E-state index in [1.807, 2.05) is 6.92 Å². The lowest BCUT2D eigenvalue weighted by Gasteiger charge is -2.35. The maximum absolute atomic E-state index is 5.45. The number of aliphatic imine (C=N–C) groups is 1. The van der Waals surface area contributed by atoms with Crippen LogP contribution in [0, 0.1) is 0 Å². The van der Waals surface area contributed by atoms with E-state index in [9.17, 15) is 0 Å². The van der Waals surface area contributed by atoms with E-state index in [0.29, 0.717) is 25.2 Å². The third-order valence-electron chi connectivity index (χ3n) is 4.86. The molecule has 0 saturated carbocycles. The van der Waals surface area contributed by atoms with Crippen LogP contribution in [0.2, 0.25) is 0 Å². The molecule has 2 rings (SSSR count). The van der Waals surface area contributed by atoms with Crippen molar-refractivity contribution in [3.05, 3.63) is 35.4 Å². The molecule has 1 aliphatic heterocycles. The Kier molecular flexibility index (Phi) is 8.92. The Balaban J connectivity index is 1.86. The first-order valence-electron chi connectivity index (χ1n) is 10.1. The summed E-state index contributed by atoms with van der Waals surface area (Å²) in [4.78, 5) is 7.32. The number of likely N-dealkylation sites (tertiary alicyclic amines) is 1. The average Bonchev–Trinajstić information content (AvgIpc) is 2.66. The molecular weight excluding hydrogens is 324 g/mol. The Labute approximate surface area is 159 Å². The van der Waals surface area contributed by atoms with Gasteiger partial charge in [0.2, 0.25) is 0 Å². The summed E-state index contributed by atoms with van der Waals surface area (Å²) in [5, 5.41) is 7.00. The van der Waals surface area contributed by atoms with E-state index in [1.54, 1.807) is 0 Å². The molecule has 26 heavy (non-hydrogen) atoms. The Bertz CT molecular complexity index is 533. The summed E-state index contributed by atoms with van der Waals surface area (Å²) >= 11 is 0. The summed E-state index contributed by atoms with van der Waals surface area (Å²) in [5.74, 6) is 0.925. The van der Waals surface area contributed by atoms with E-state index >= 15 is 0 Å². The van der Waals surface area contributed by atoms with Crippen LogP contribution in [0.5, 0.6) is 0 Å². The van der Waals surface area contributed by atoms with Gasteiger partial charge in [0, 0.05) is 38.3 Å². The van der Waals surface area contributed by atoms with Crippen LogP contribution in [0.3, 0.4) is 0 Å². The quantitative estimate of drug-likeness (QED) is 0.552. The third-order valence-corrected chi connectivity index (χ3v) is 4.86. The van der Waals surface area contributed by atoms with Crippen molar-refractivity contribution in [1.82, 2.24) is 15.5 Å². The largest absolute Gasteiger partial charge is 0.377 e. The lowest BCUT2D eigenvalue weighted by Crippen LogP contribution is -2.49. The van der Waals surface area contributed by atoms with Gasteiger partial charge in [-0.15, -0.1) is 0 Å². The molecule has 146 valence electrons. The van der Waals surface area contributed by atoms with Crippen molar-refractivity contribution in [2.24, 2.45) is 4.99 Å². The van der Waals surface area contributed by atoms with E-state index in [1.165, 1.54) is 24.0 Å². The number of nitrogens with one attached hydrogen (secondary N) is 2. The third kappa shape index (κ3) is 6.96. The zero-order valence-corrected chi connectivity index (χ0v) is 16.9. The molecule has 0 spiro atoms. The van der Waals surface area contributed by atoms with Gasteiger partial charge >= 0.3 is 0 Å². The number of hydrogen-bond acceptors (Lipinski definition) is 3. The molecule has 1 aromatic carbocycles. The minimum absolute atomic E-state index is 0.511. The fourth-order valence-corrected chi connectivity index (χ4v) is 3.20. The van der Waals surface area contributed by atoms with Crippen LogP contribution in [0.1, 0.15) is 51.7 Å². The molecule has 0 amide bonds. The second-order valence-electron chi connectivity index (χ2n) is 7.20. The highest BCUT2D eigenvalue weighted by Gasteiger charge is 2.21. The lowest BCUT2D eigenvalue weighted by molar-refractivity contribution is 0.134. The van der Waals surface area contributed by atoms with Gasteiger partial charge in [-0.25, -0.2) is 4.99 Å². The molecule has 1 heterocycles. The van der Waals surface area contributed by atoms with Crippen LogP contribution in [0.25, 0.3) is 0 Å². The van der Waals surface area contributed by atoms with Gasteiger partial charge in [-0.1, -0.05) is 24.3 Å². The van der Waals surface area contributed by atoms with Gasteiger partial charge in [0.05, 0.1) is 13.2 Å². The molecule has 5 heteroatoms. The topological polar surface area (TPSA) is 48.9 Å². The first-order chi connectivity index (χ1) is 12.6. The maximum atomic E-state index is 5.45. The number of ether oxygens (including phenoxy) is 1. The molecule has 2 N–H and O–H groups in total. The smallest absolute Gasteiger partial charge is 0.191 e. The maximum Gasteiger partial charge on any atom is 0.191 e. The van der Waals surface area contributed by atoms with E-state index in [-0.39, 0.29) is 0 Å². The second kappa shape index (κ2) is 11.2. The molecule has 0 atom stereocenters. The summed E-state index contributed by atoms with van der Waals surface area (Å²) in [7, 11) is 0. The summed E-state index contributed by atoms with van der Waals surface area (Å²) < 4.78 is 5.45. The zero-order valence-electron chi connectivity index (χ0n) is 16.9. The molecule has 0 bridgehead atoms. The van der Waals surface area contributed by atoms with Crippen molar-refractivity contribution < 1.29 is 4.74 Å². The van der Waals surface area contributed by atoms with Crippen LogP contribution in [-0.2, 0) is 17.9 Å². The van der Waals surface area contributed by atoms with Crippen molar-refractivity contribution in [2.75, 3.05) is 26.2 Å². The highest BCUT2D eigenvalue weighted by molar-refractivity contribution is 5.80. The summed E-state index contributed by atoms with van der Waals surface area (Å²) in [6, 6.07) is 9.69. The fourth-order valence-electron chi connectivity index (χ4n) is 3.20. The van der Waals surface area contributed by atoms with Crippen molar-refractivity contribution in [3.8, 4) is 0 Å². The summed E-state index contributed by atoms with van der Waals surface area (Å²) in [6.07, 6.45) is 2.35. The van der Waals surface area contributed by atoms with Crippen LogP contribution in [0.4, 0.5) is 0 Å². The van der Waals surface area contributed by atoms with E-state index in [0.717, 1.165) is 32.2 Å². The molecule has 0 radical (unpaired) electrons. The van der Waals surface area contributed by atoms with Crippen LogP contribution in [0.15, 0.2) is 29.3 Å².